The van der Waals surface area contributed by atoms with E-state index >= 15 is 0 Å². The minimum absolute atomic E-state index is 0.0191. The zero-order valence-electron chi connectivity index (χ0n) is 22.3. The summed E-state index contributed by atoms with van der Waals surface area (Å²) in [5.74, 6) is -0.845. The number of ether oxygens (including phenoxy) is 1. The van der Waals surface area contributed by atoms with Crippen molar-refractivity contribution in [3.05, 3.63) is 0 Å². The minimum atomic E-state index is -0.789. The molecule has 0 aromatic rings. The molecular weight excluding hydrogens is 462 g/mol. The first kappa shape index (κ1) is 31.8. The molecule has 4 atom stereocenters. The Morgan fingerprint density at radius 2 is 1.51 bits per heavy atom. The fraction of sp³-hybridized carbons (Fsp3) is 0.893. The van der Waals surface area contributed by atoms with Crippen LogP contribution in [0.5, 0.6) is 0 Å². The first-order valence-corrected chi connectivity index (χ1v) is 15.3. The van der Waals surface area contributed by atoms with Gasteiger partial charge in [0.05, 0.1) is 11.8 Å². The molecule has 0 radical (unpaired) electrons. The first-order valence-electron chi connectivity index (χ1n) is 14.2. The number of carbonyl (C=O) groups excluding carboxylic acids is 2. The Labute approximate surface area is 217 Å². The number of thioether (sulfide) groups is 1. The molecule has 1 aliphatic rings. The molecule has 1 rings (SSSR count). The summed E-state index contributed by atoms with van der Waals surface area (Å²) < 4.78 is 5.52. The monoisotopic (exact) mass is 513 g/mol. The maximum absolute atomic E-state index is 12.2. The summed E-state index contributed by atoms with van der Waals surface area (Å²) in [5, 5.41) is 10.0. The number of esters is 1. The molecular formula is C28H51NO5S. The first-order chi connectivity index (χ1) is 16.9. The second-order valence-electron chi connectivity index (χ2n) is 10.3. The smallest absolute Gasteiger partial charge is 0.313 e. The molecule has 2 unspecified atom stereocenters. The fourth-order valence-corrected chi connectivity index (χ4v) is 6.18. The van der Waals surface area contributed by atoms with E-state index in [0.29, 0.717) is 17.9 Å². The molecule has 0 spiro atoms. The van der Waals surface area contributed by atoms with Crippen LogP contribution in [0.3, 0.4) is 0 Å². The second kappa shape index (κ2) is 19.9. The van der Waals surface area contributed by atoms with E-state index in [9.17, 15) is 19.5 Å². The van der Waals surface area contributed by atoms with Crippen LogP contribution >= 0.6 is 11.8 Å². The van der Waals surface area contributed by atoms with Gasteiger partial charge < -0.3 is 15.6 Å². The van der Waals surface area contributed by atoms with E-state index in [4.69, 9.17) is 10.5 Å². The molecule has 1 fully saturated rings. The number of carboxylic acid groups (broad SMARTS) is 1. The number of rotatable bonds is 24. The lowest BCUT2D eigenvalue weighted by Gasteiger charge is -2.38. The highest BCUT2D eigenvalue weighted by atomic mass is 32.2. The quantitative estimate of drug-likeness (QED) is 0.109. The van der Waals surface area contributed by atoms with Crippen molar-refractivity contribution < 1.29 is 24.2 Å². The lowest BCUT2D eigenvalue weighted by atomic mass is 9.78. The molecule has 1 aliphatic heterocycles. The highest BCUT2D eigenvalue weighted by Crippen LogP contribution is 2.37. The molecule has 1 amide bonds. The van der Waals surface area contributed by atoms with Crippen molar-refractivity contribution in [2.75, 3.05) is 11.5 Å². The fourth-order valence-electron chi connectivity index (χ4n) is 5.00. The molecule has 1 heterocycles. The van der Waals surface area contributed by atoms with Crippen LogP contribution in [0, 0.1) is 17.8 Å². The standard InChI is InChI=1S/C28H51NO5S/c1-3-5-7-9-10-11-12-13-14-16-22(24(27(31)32)21-35-19-18-26(29)30)20-25-23(28(33)34-25)17-15-8-6-4-2/h22-25H,3-21H2,1-2H3,(H2,29,30)(H,31,32)/t22?,23-,24?,25-/m0/s1. The average Bonchev–Trinajstić information content (AvgIpc) is 2.81. The van der Waals surface area contributed by atoms with E-state index in [1.165, 1.54) is 63.1 Å². The summed E-state index contributed by atoms with van der Waals surface area (Å²) in [4.78, 5) is 35.3. The second-order valence-corrected chi connectivity index (χ2v) is 11.4. The van der Waals surface area contributed by atoms with Gasteiger partial charge in [-0.2, -0.15) is 11.8 Å². The van der Waals surface area contributed by atoms with Crippen LogP contribution in [0.2, 0.25) is 0 Å². The van der Waals surface area contributed by atoms with E-state index < -0.39 is 11.9 Å². The third-order valence-corrected chi connectivity index (χ3v) is 8.37. The van der Waals surface area contributed by atoms with Gasteiger partial charge in [-0.1, -0.05) is 97.3 Å². The average molecular weight is 514 g/mol. The van der Waals surface area contributed by atoms with Gasteiger partial charge in [0.15, 0.2) is 0 Å². The van der Waals surface area contributed by atoms with Crippen molar-refractivity contribution in [1.82, 2.24) is 0 Å². The van der Waals surface area contributed by atoms with Gasteiger partial charge in [-0.25, -0.2) is 0 Å². The van der Waals surface area contributed by atoms with Gasteiger partial charge in [0.2, 0.25) is 5.91 Å². The van der Waals surface area contributed by atoms with Gasteiger partial charge in [-0.3, -0.25) is 14.4 Å². The summed E-state index contributed by atoms with van der Waals surface area (Å²) in [6.45, 7) is 4.40. The molecule has 35 heavy (non-hydrogen) atoms. The van der Waals surface area contributed by atoms with Crippen LogP contribution in [0.4, 0.5) is 0 Å². The van der Waals surface area contributed by atoms with Crippen LogP contribution in [0.1, 0.15) is 123 Å². The van der Waals surface area contributed by atoms with Crippen molar-refractivity contribution in [3.8, 4) is 0 Å². The van der Waals surface area contributed by atoms with Crippen molar-refractivity contribution in [2.45, 2.75) is 129 Å². The predicted octanol–water partition coefficient (Wildman–Crippen LogP) is 6.74. The molecule has 3 N–H and O–H groups in total. The third-order valence-electron chi connectivity index (χ3n) is 7.28. The Morgan fingerprint density at radius 3 is 2.06 bits per heavy atom. The maximum Gasteiger partial charge on any atom is 0.313 e. The van der Waals surface area contributed by atoms with E-state index in [-0.39, 0.29) is 36.2 Å². The van der Waals surface area contributed by atoms with Gasteiger partial charge in [-0.15, -0.1) is 0 Å². The Morgan fingerprint density at radius 1 is 0.943 bits per heavy atom. The SMILES string of the molecule is CCCCCCCCCCCC(C[C@@H]1OC(=O)[C@H]1CCCCCC)C(CSCCC(N)=O)C(=O)O. The molecule has 204 valence electrons. The molecule has 0 bridgehead atoms. The number of hydrogen-bond acceptors (Lipinski definition) is 5. The van der Waals surface area contributed by atoms with Gasteiger partial charge >= 0.3 is 11.9 Å². The maximum atomic E-state index is 12.2. The van der Waals surface area contributed by atoms with Gasteiger partial charge in [-0.05, 0) is 25.2 Å². The Bertz CT molecular complexity index is 600. The molecule has 0 aromatic carbocycles. The third kappa shape index (κ3) is 14.2. The van der Waals surface area contributed by atoms with Gasteiger partial charge in [0, 0.05) is 17.9 Å². The van der Waals surface area contributed by atoms with Gasteiger partial charge in [0.1, 0.15) is 6.10 Å². The molecule has 6 nitrogen and oxygen atoms in total. The van der Waals surface area contributed by atoms with Gasteiger partial charge in [0.25, 0.3) is 0 Å². The zero-order chi connectivity index (χ0) is 25.9. The Balaban J connectivity index is 2.60. The number of aliphatic carboxylic acids is 1. The summed E-state index contributed by atoms with van der Waals surface area (Å²) in [6.07, 6.45) is 18.0. The van der Waals surface area contributed by atoms with Crippen LogP contribution in [0.25, 0.3) is 0 Å². The van der Waals surface area contributed by atoms with Crippen LogP contribution < -0.4 is 5.73 Å². The number of primary amides is 1. The highest BCUT2D eigenvalue weighted by molar-refractivity contribution is 7.99. The number of cyclic esters (lactones) is 1. The lowest BCUT2D eigenvalue weighted by Crippen LogP contribution is -2.47. The number of unbranched alkanes of at least 4 members (excludes halogenated alkanes) is 11. The van der Waals surface area contributed by atoms with E-state index in [1.54, 1.807) is 0 Å². The summed E-state index contributed by atoms with van der Waals surface area (Å²) in [7, 11) is 0. The van der Waals surface area contributed by atoms with E-state index in [1.807, 2.05) is 0 Å². The number of amides is 1. The van der Waals surface area contributed by atoms with Crippen molar-refractivity contribution in [1.29, 1.82) is 0 Å². The van der Waals surface area contributed by atoms with Crippen molar-refractivity contribution >= 4 is 29.6 Å². The largest absolute Gasteiger partial charge is 0.481 e. The zero-order valence-corrected chi connectivity index (χ0v) is 23.1. The van der Waals surface area contributed by atoms with E-state index in [0.717, 1.165) is 44.9 Å². The summed E-state index contributed by atoms with van der Waals surface area (Å²) >= 11 is 1.49. The number of nitrogens with two attached hydrogens (primary N) is 1. The van der Waals surface area contributed by atoms with Crippen molar-refractivity contribution in [2.24, 2.45) is 23.5 Å². The molecule has 0 aromatic heterocycles. The van der Waals surface area contributed by atoms with Crippen LogP contribution in [-0.4, -0.2) is 40.6 Å². The normalized spacial score (nSPS) is 19.1. The number of carboxylic acids is 1. The molecule has 1 saturated heterocycles. The van der Waals surface area contributed by atoms with E-state index in [2.05, 4.69) is 13.8 Å². The Hall–Kier alpha value is -1.24. The molecule has 7 heteroatoms. The highest BCUT2D eigenvalue weighted by Gasteiger charge is 2.44. The molecule has 0 saturated carbocycles. The van der Waals surface area contributed by atoms with Crippen LogP contribution in [-0.2, 0) is 19.1 Å². The van der Waals surface area contributed by atoms with Crippen molar-refractivity contribution in [3.63, 3.8) is 0 Å². The Kier molecular flexibility index (Phi) is 18.1. The summed E-state index contributed by atoms with van der Waals surface area (Å²) in [5.41, 5.74) is 5.23. The number of hydrogen-bond donors (Lipinski definition) is 2. The molecule has 0 aliphatic carbocycles. The minimum Gasteiger partial charge on any atom is -0.481 e. The van der Waals surface area contributed by atoms with Crippen LogP contribution in [0.15, 0.2) is 0 Å². The topological polar surface area (TPSA) is 107 Å². The lowest BCUT2D eigenvalue weighted by molar-refractivity contribution is -0.188. The summed E-state index contributed by atoms with van der Waals surface area (Å²) in [6, 6.07) is 0. The predicted molar refractivity (Wildman–Crippen MR) is 144 cm³/mol. The number of carbonyl (C=O) groups is 3.